The van der Waals surface area contributed by atoms with Gasteiger partial charge < -0.3 is 4.74 Å². The minimum atomic E-state index is -4.61. The van der Waals surface area contributed by atoms with Crippen molar-refractivity contribution in [1.82, 2.24) is 4.90 Å². The third-order valence-corrected chi connectivity index (χ3v) is 3.80. The highest BCUT2D eigenvalue weighted by atomic mass is 19.4. The molecule has 1 unspecified atom stereocenters. The molecule has 8 heteroatoms. The van der Waals surface area contributed by atoms with Crippen molar-refractivity contribution in [2.75, 3.05) is 0 Å². The van der Waals surface area contributed by atoms with Crippen LogP contribution >= 0.6 is 0 Å². The number of cyclic esters (lactones) is 1. The normalized spacial score (nSPS) is 22.0. The zero-order valence-electron chi connectivity index (χ0n) is 12.8. The first-order valence-corrected chi connectivity index (χ1v) is 7.27. The number of hydrogen-bond acceptors (Lipinski definition) is 4. The summed E-state index contributed by atoms with van der Waals surface area (Å²) in [5.74, 6) is -2.66. The molecule has 2 amide bonds. The van der Waals surface area contributed by atoms with E-state index in [4.69, 9.17) is 10.00 Å². The molecule has 0 aromatic heterocycles. The molecule has 0 bridgehead atoms. The molecule has 1 fully saturated rings. The lowest BCUT2D eigenvalue weighted by molar-refractivity contribution is -0.158. The van der Waals surface area contributed by atoms with Gasteiger partial charge in [-0.1, -0.05) is 30.3 Å². The van der Waals surface area contributed by atoms with Gasteiger partial charge in [-0.3, -0.25) is 4.79 Å². The van der Waals surface area contributed by atoms with Crippen molar-refractivity contribution >= 4 is 12.0 Å². The number of amides is 2. The minimum Gasteiger partial charge on any atom is -0.439 e. The minimum absolute atomic E-state index is 0.620. The topological polar surface area (TPSA) is 70.4 Å². The van der Waals surface area contributed by atoms with Crippen molar-refractivity contribution in [3.8, 4) is 6.07 Å². The smallest absolute Gasteiger partial charge is 0.417 e. The van der Waals surface area contributed by atoms with Crippen molar-refractivity contribution in [1.29, 1.82) is 5.26 Å². The second-order valence-corrected chi connectivity index (χ2v) is 5.54. The number of alkyl halides is 3. The van der Waals surface area contributed by atoms with Crippen LogP contribution in [0.15, 0.2) is 30.3 Å². The third-order valence-electron chi connectivity index (χ3n) is 3.80. The average molecular weight is 340 g/mol. The quantitative estimate of drug-likeness (QED) is 0.840. The van der Waals surface area contributed by atoms with Crippen LogP contribution in [-0.2, 0) is 9.53 Å². The predicted molar refractivity (Wildman–Crippen MR) is 76.4 cm³/mol. The van der Waals surface area contributed by atoms with Crippen LogP contribution in [0.25, 0.3) is 0 Å². The van der Waals surface area contributed by atoms with Crippen molar-refractivity contribution < 1.29 is 27.5 Å². The van der Waals surface area contributed by atoms with Gasteiger partial charge in [-0.2, -0.15) is 18.4 Å². The lowest BCUT2D eigenvalue weighted by Crippen LogP contribution is -2.42. The molecule has 0 spiro atoms. The van der Waals surface area contributed by atoms with Gasteiger partial charge in [0.15, 0.2) is 0 Å². The van der Waals surface area contributed by atoms with Crippen LogP contribution in [0.3, 0.4) is 0 Å². The molecule has 24 heavy (non-hydrogen) atoms. The van der Waals surface area contributed by atoms with E-state index in [9.17, 15) is 22.8 Å². The van der Waals surface area contributed by atoms with Crippen LogP contribution in [-0.4, -0.2) is 29.1 Å². The Balaban J connectivity index is 2.22. The van der Waals surface area contributed by atoms with Crippen LogP contribution in [0.1, 0.15) is 31.4 Å². The molecule has 0 radical (unpaired) electrons. The SMILES string of the molecule is C[C@@H]1[C@H](c2ccccc2)OC(=O)N1C(=O)C(CC#N)CC(F)(F)F. The Hall–Kier alpha value is -2.56. The molecule has 2 rings (SSSR count). The van der Waals surface area contributed by atoms with Crippen molar-refractivity contribution in [2.45, 2.75) is 38.1 Å². The molecule has 1 aromatic carbocycles. The van der Waals surface area contributed by atoms with Gasteiger partial charge in [0.25, 0.3) is 0 Å². The first kappa shape index (κ1) is 17.8. The number of benzene rings is 1. The Morgan fingerprint density at radius 3 is 2.54 bits per heavy atom. The van der Waals surface area contributed by atoms with Crippen molar-refractivity contribution in [3.05, 3.63) is 35.9 Å². The Labute approximate surface area is 136 Å². The van der Waals surface area contributed by atoms with Gasteiger partial charge in [-0.15, -0.1) is 0 Å². The number of imide groups is 1. The number of rotatable bonds is 4. The average Bonchev–Trinajstić information content (AvgIpc) is 2.81. The summed E-state index contributed by atoms with van der Waals surface area (Å²) in [4.78, 5) is 25.1. The molecule has 1 aliphatic rings. The van der Waals surface area contributed by atoms with Crippen LogP contribution in [0.2, 0.25) is 0 Å². The molecule has 0 aliphatic carbocycles. The first-order chi connectivity index (χ1) is 11.2. The standard InChI is InChI=1S/C16H15F3N2O3/c1-10-13(11-5-3-2-4-6-11)24-15(23)21(10)14(22)12(7-8-20)9-16(17,18)19/h2-6,10,12-13H,7,9H2,1H3/t10-,12?,13-/m1/s1. The van der Waals surface area contributed by atoms with E-state index in [0.717, 1.165) is 0 Å². The second-order valence-electron chi connectivity index (χ2n) is 5.54. The van der Waals surface area contributed by atoms with Gasteiger partial charge in [0.1, 0.15) is 6.10 Å². The summed E-state index contributed by atoms with van der Waals surface area (Å²) in [6.07, 6.45) is -8.43. The fourth-order valence-corrected chi connectivity index (χ4v) is 2.68. The summed E-state index contributed by atoms with van der Waals surface area (Å²) in [6.45, 7) is 1.53. The number of nitrogens with zero attached hydrogens (tertiary/aromatic N) is 2. The highest BCUT2D eigenvalue weighted by Crippen LogP contribution is 2.35. The Bertz CT molecular complexity index is 655. The lowest BCUT2D eigenvalue weighted by atomic mass is 9.98. The summed E-state index contributed by atoms with van der Waals surface area (Å²) in [6, 6.07) is 9.42. The molecule has 1 saturated heterocycles. The van der Waals surface area contributed by atoms with E-state index in [1.54, 1.807) is 36.4 Å². The highest BCUT2D eigenvalue weighted by molar-refractivity contribution is 5.95. The summed E-state index contributed by atoms with van der Waals surface area (Å²) in [5.41, 5.74) is 0.640. The summed E-state index contributed by atoms with van der Waals surface area (Å²) < 4.78 is 43.0. The van der Waals surface area contributed by atoms with Crippen LogP contribution in [0.4, 0.5) is 18.0 Å². The van der Waals surface area contributed by atoms with Gasteiger partial charge in [0.2, 0.25) is 5.91 Å². The second kappa shape index (κ2) is 6.91. The van der Waals surface area contributed by atoms with Crippen LogP contribution in [0.5, 0.6) is 0 Å². The van der Waals surface area contributed by atoms with Crippen molar-refractivity contribution in [2.24, 2.45) is 5.92 Å². The van der Waals surface area contributed by atoms with E-state index in [1.807, 2.05) is 0 Å². The molecular formula is C16H15F3N2O3. The number of carbonyl (C=O) groups is 2. The maximum atomic E-state index is 12.6. The molecule has 5 nitrogen and oxygen atoms in total. The zero-order valence-corrected chi connectivity index (χ0v) is 12.8. The van der Waals surface area contributed by atoms with Gasteiger partial charge in [0, 0.05) is 6.42 Å². The third kappa shape index (κ3) is 3.85. The number of hydrogen-bond donors (Lipinski definition) is 0. The predicted octanol–water partition coefficient (Wildman–Crippen LogP) is 3.58. The number of nitriles is 1. The maximum Gasteiger partial charge on any atom is 0.417 e. The molecule has 0 N–H and O–H groups in total. The molecule has 1 heterocycles. The van der Waals surface area contributed by atoms with Crippen LogP contribution < -0.4 is 0 Å². The van der Waals surface area contributed by atoms with Crippen LogP contribution in [0, 0.1) is 17.2 Å². The fraction of sp³-hybridized carbons (Fsp3) is 0.438. The molecule has 1 aromatic rings. The fourth-order valence-electron chi connectivity index (χ4n) is 2.68. The van der Waals surface area contributed by atoms with Gasteiger partial charge in [-0.25, -0.2) is 9.69 Å². The summed E-state index contributed by atoms with van der Waals surface area (Å²) >= 11 is 0. The lowest BCUT2D eigenvalue weighted by Gasteiger charge is -2.23. The molecule has 0 saturated carbocycles. The Morgan fingerprint density at radius 2 is 2.00 bits per heavy atom. The van der Waals surface area contributed by atoms with E-state index in [1.165, 1.54) is 6.92 Å². The molecule has 1 aliphatic heterocycles. The highest BCUT2D eigenvalue weighted by Gasteiger charge is 2.47. The van der Waals surface area contributed by atoms with Gasteiger partial charge in [0.05, 0.1) is 24.4 Å². The van der Waals surface area contributed by atoms with Crippen molar-refractivity contribution in [3.63, 3.8) is 0 Å². The first-order valence-electron chi connectivity index (χ1n) is 7.27. The largest absolute Gasteiger partial charge is 0.439 e. The van der Waals surface area contributed by atoms with E-state index in [2.05, 4.69) is 0 Å². The molecule has 3 atom stereocenters. The number of carbonyl (C=O) groups excluding carboxylic acids is 2. The Kier molecular flexibility index (Phi) is 5.12. The monoisotopic (exact) mass is 340 g/mol. The molecule has 128 valence electrons. The maximum absolute atomic E-state index is 12.6. The van der Waals surface area contributed by atoms with E-state index < -0.39 is 49.1 Å². The van der Waals surface area contributed by atoms with E-state index in [0.29, 0.717) is 10.5 Å². The van der Waals surface area contributed by atoms with E-state index >= 15 is 0 Å². The number of halogens is 3. The number of ether oxygens (including phenoxy) is 1. The van der Waals surface area contributed by atoms with Gasteiger partial charge >= 0.3 is 12.3 Å². The summed E-state index contributed by atoms with van der Waals surface area (Å²) in [7, 11) is 0. The van der Waals surface area contributed by atoms with E-state index in [-0.39, 0.29) is 0 Å². The molecular weight excluding hydrogens is 325 g/mol. The zero-order chi connectivity index (χ0) is 17.9. The van der Waals surface area contributed by atoms with Gasteiger partial charge in [-0.05, 0) is 12.5 Å². The summed E-state index contributed by atoms with van der Waals surface area (Å²) in [5, 5.41) is 8.68. The Morgan fingerprint density at radius 1 is 1.38 bits per heavy atom.